The Kier molecular flexibility index (Phi) is 4.45. The molecular weight excluding hydrogens is 286 g/mol. The number of aryl methyl sites for hydroxylation is 2. The molecule has 0 saturated heterocycles. The number of thiazole rings is 1. The van der Waals surface area contributed by atoms with Gasteiger partial charge in [0.25, 0.3) is 0 Å². The SMILES string of the molecule is Cc1ccc(S(=O)Cc2csc(C(C)(C)C)n2)cc1C. The molecular formula is C16H21NOS2. The second kappa shape index (κ2) is 5.78. The summed E-state index contributed by atoms with van der Waals surface area (Å²) >= 11 is 1.65. The van der Waals surface area contributed by atoms with Crippen LogP contribution in [-0.2, 0) is 22.0 Å². The van der Waals surface area contributed by atoms with Crippen molar-refractivity contribution in [3.63, 3.8) is 0 Å². The lowest BCUT2D eigenvalue weighted by atomic mass is 9.98. The Labute approximate surface area is 127 Å². The molecule has 0 bridgehead atoms. The molecule has 1 aromatic heterocycles. The van der Waals surface area contributed by atoms with Gasteiger partial charge in [-0.2, -0.15) is 0 Å². The molecule has 0 fully saturated rings. The van der Waals surface area contributed by atoms with E-state index in [0.717, 1.165) is 15.6 Å². The lowest BCUT2D eigenvalue weighted by molar-refractivity contribution is 0.583. The summed E-state index contributed by atoms with van der Waals surface area (Å²) in [6.07, 6.45) is 0. The summed E-state index contributed by atoms with van der Waals surface area (Å²) in [6, 6.07) is 6.00. The van der Waals surface area contributed by atoms with E-state index in [4.69, 9.17) is 0 Å². The maximum Gasteiger partial charge on any atom is 0.0982 e. The van der Waals surface area contributed by atoms with Crippen LogP contribution >= 0.6 is 11.3 Å². The molecule has 2 rings (SSSR count). The van der Waals surface area contributed by atoms with Crippen LogP contribution in [0, 0.1) is 13.8 Å². The predicted octanol–water partition coefficient (Wildman–Crippen LogP) is 4.37. The molecule has 1 atom stereocenters. The monoisotopic (exact) mass is 307 g/mol. The third-order valence-electron chi connectivity index (χ3n) is 3.21. The van der Waals surface area contributed by atoms with E-state index < -0.39 is 10.8 Å². The number of aromatic nitrogens is 1. The van der Waals surface area contributed by atoms with Gasteiger partial charge < -0.3 is 0 Å². The molecule has 0 saturated carbocycles. The van der Waals surface area contributed by atoms with E-state index in [1.54, 1.807) is 11.3 Å². The van der Waals surface area contributed by atoms with E-state index >= 15 is 0 Å². The first kappa shape index (κ1) is 15.4. The lowest BCUT2D eigenvalue weighted by Gasteiger charge is -2.13. The highest BCUT2D eigenvalue weighted by molar-refractivity contribution is 7.84. The third-order valence-corrected chi connectivity index (χ3v) is 5.87. The molecule has 0 aliphatic heterocycles. The van der Waals surface area contributed by atoms with Crippen molar-refractivity contribution in [3.8, 4) is 0 Å². The Morgan fingerprint density at radius 1 is 1.20 bits per heavy atom. The summed E-state index contributed by atoms with van der Waals surface area (Å²) in [5, 5.41) is 3.13. The first-order chi connectivity index (χ1) is 9.27. The molecule has 4 heteroatoms. The number of hydrogen-bond donors (Lipinski definition) is 0. The van der Waals surface area contributed by atoms with Crippen molar-refractivity contribution in [1.82, 2.24) is 4.98 Å². The van der Waals surface area contributed by atoms with E-state index in [9.17, 15) is 4.21 Å². The second-order valence-corrected chi connectivity index (χ2v) is 8.44. The zero-order valence-electron chi connectivity index (χ0n) is 12.7. The quantitative estimate of drug-likeness (QED) is 0.843. The molecule has 0 N–H and O–H groups in total. The largest absolute Gasteiger partial charge is 0.254 e. The van der Waals surface area contributed by atoms with Gasteiger partial charge >= 0.3 is 0 Å². The normalized spacial score (nSPS) is 13.4. The zero-order chi connectivity index (χ0) is 14.9. The molecule has 0 amide bonds. The average Bonchev–Trinajstić information content (AvgIpc) is 2.81. The Morgan fingerprint density at radius 2 is 1.90 bits per heavy atom. The fourth-order valence-electron chi connectivity index (χ4n) is 1.79. The van der Waals surface area contributed by atoms with Gasteiger partial charge in [-0.15, -0.1) is 11.3 Å². The summed E-state index contributed by atoms with van der Waals surface area (Å²) in [5.41, 5.74) is 3.40. The van der Waals surface area contributed by atoms with E-state index in [1.165, 1.54) is 11.1 Å². The summed E-state index contributed by atoms with van der Waals surface area (Å²) in [4.78, 5) is 5.50. The fourth-order valence-corrected chi connectivity index (χ4v) is 3.91. The van der Waals surface area contributed by atoms with E-state index in [1.807, 2.05) is 23.6 Å². The van der Waals surface area contributed by atoms with Crippen LogP contribution < -0.4 is 0 Å². The van der Waals surface area contributed by atoms with Gasteiger partial charge in [-0.3, -0.25) is 4.21 Å². The van der Waals surface area contributed by atoms with Gasteiger partial charge in [-0.05, 0) is 37.1 Å². The van der Waals surface area contributed by atoms with Gasteiger partial charge in [0.1, 0.15) is 0 Å². The van der Waals surface area contributed by atoms with Crippen molar-refractivity contribution in [2.45, 2.75) is 50.7 Å². The van der Waals surface area contributed by atoms with Crippen LogP contribution in [0.15, 0.2) is 28.5 Å². The number of hydrogen-bond acceptors (Lipinski definition) is 3. The van der Waals surface area contributed by atoms with Gasteiger partial charge in [-0.25, -0.2) is 4.98 Å². The van der Waals surface area contributed by atoms with Crippen molar-refractivity contribution in [1.29, 1.82) is 0 Å². The Balaban J connectivity index is 2.15. The third kappa shape index (κ3) is 3.55. The Hall–Kier alpha value is -1.00. The van der Waals surface area contributed by atoms with E-state index in [-0.39, 0.29) is 5.41 Å². The second-order valence-electron chi connectivity index (χ2n) is 6.13. The summed E-state index contributed by atoms with van der Waals surface area (Å²) in [6.45, 7) is 10.6. The number of benzene rings is 1. The van der Waals surface area contributed by atoms with E-state index in [2.05, 4.69) is 39.6 Å². The predicted molar refractivity (Wildman–Crippen MR) is 86.8 cm³/mol. The molecule has 1 unspecified atom stereocenters. The summed E-state index contributed by atoms with van der Waals surface area (Å²) in [5.74, 6) is 0.495. The number of nitrogens with zero attached hydrogens (tertiary/aromatic N) is 1. The van der Waals surface area contributed by atoms with E-state index in [0.29, 0.717) is 5.75 Å². The van der Waals surface area contributed by atoms with Gasteiger partial charge in [0.05, 0.1) is 27.3 Å². The van der Waals surface area contributed by atoms with Crippen LogP contribution in [0.1, 0.15) is 42.6 Å². The first-order valence-electron chi connectivity index (χ1n) is 6.68. The number of rotatable bonds is 3. The summed E-state index contributed by atoms with van der Waals surface area (Å²) in [7, 11) is -1.02. The zero-order valence-corrected chi connectivity index (χ0v) is 14.3. The molecule has 0 radical (unpaired) electrons. The van der Waals surface area contributed by atoms with Crippen molar-refractivity contribution < 1.29 is 4.21 Å². The van der Waals surface area contributed by atoms with Crippen LogP contribution in [0.3, 0.4) is 0 Å². The van der Waals surface area contributed by atoms with Crippen LogP contribution in [0.25, 0.3) is 0 Å². The molecule has 2 aromatic rings. The minimum atomic E-state index is -1.02. The Bertz CT molecular complexity index is 638. The Morgan fingerprint density at radius 3 is 2.45 bits per heavy atom. The highest BCUT2D eigenvalue weighted by atomic mass is 32.2. The van der Waals surface area contributed by atoms with Crippen molar-refractivity contribution in [3.05, 3.63) is 45.4 Å². The first-order valence-corrected chi connectivity index (χ1v) is 8.88. The smallest absolute Gasteiger partial charge is 0.0982 e. The average molecular weight is 307 g/mol. The standard InChI is InChI=1S/C16H21NOS2/c1-11-6-7-14(8-12(11)2)20(18)10-13-9-19-15(17-13)16(3,4)5/h6-9H,10H2,1-5H3. The van der Waals surface area contributed by atoms with Gasteiger partial charge in [0.2, 0.25) is 0 Å². The van der Waals surface area contributed by atoms with Gasteiger partial charge in [-0.1, -0.05) is 26.8 Å². The highest BCUT2D eigenvalue weighted by Gasteiger charge is 2.18. The van der Waals surface area contributed by atoms with Crippen LogP contribution in [0.2, 0.25) is 0 Å². The molecule has 0 aliphatic carbocycles. The van der Waals surface area contributed by atoms with Crippen LogP contribution in [-0.4, -0.2) is 9.19 Å². The minimum absolute atomic E-state index is 0.0604. The van der Waals surface area contributed by atoms with Gasteiger partial charge in [0.15, 0.2) is 0 Å². The molecule has 0 aliphatic rings. The summed E-state index contributed by atoms with van der Waals surface area (Å²) < 4.78 is 12.4. The maximum absolute atomic E-state index is 12.4. The lowest BCUT2D eigenvalue weighted by Crippen LogP contribution is -2.10. The van der Waals surface area contributed by atoms with Crippen LogP contribution in [0.5, 0.6) is 0 Å². The molecule has 20 heavy (non-hydrogen) atoms. The topological polar surface area (TPSA) is 30.0 Å². The molecule has 108 valence electrons. The minimum Gasteiger partial charge on any atom is -0.254 e. The molecule has 2 nitrogen and oxygen atoms in total. The highest BCUT2D eigenvalue weighted by Crippen LogP contribution is 2.26. The van der Waals surface area contributed by atoms with Gasteiger partial charge in [0, 0.05) is 15.7 Å². The van der Waals surface area contributed by atoms with Crippen molar-refractivity contribution in [2.75, 3.05) is 0 Å². The van der Waals surface area contributed by atoms with Crippen LogP contribution in [0.4, 0.5) is 0 Å². The molecule has 0 spiro atoms. The van der Waals surface area contributed by atoms with Crippen molar-refractivity contribution in [2.24, 2.45) is 0 Å². The maximum atomic E-state index is 12.4. The molecule has 1 heterocycles. The fraction of sp³-hybridized carbons (Fsp3) is 0.438. The molecule has 1 aromatic carbocycles. The van der Waals surface area contributed by atoms with Crippen molar-refractivity contribution >= 4 is 22.1 Å².